The summed E-state index contributed by atoms with van der Waals surface area (Å²) in [4.78, 5) is 4.14. The Morgan fingerprint density at radius 1 is 1.36 bits per heavy atom. The monoisotopic (exact) mass is 363 g/mol. The largest absolute Gasteiger partial charge is 0.443 e. The van der Waals surface area contributed by atoms with Crippen LogP contribution < -0.4 is 0 Å². The van der Waals surface area contributed by atoms with Gasteiger partial charge in [-0.3, -0.25) is 0 Å². The lowest BCUT2D eigenvalue weighted by Gasteiger charge is -2.00. The van der Waals surface area contributed by atoms with Crippen molar-refractivity contribution in [2.75, 3.05) is 0 Å². The van der Waals surface area contributed by atoms with E-state index in [0.29, 0.717) is 5.33 Å². The molecule has 0 bridgehead atoms. The second-order valence-corrected chi connectivity index (χ2v) is 4.46. The first-order valence-electron chi connectivity index (χ1n) is 4.06. The van der Waals surface area contributed by atoms with Crippen LogP contribution >= 0.6 is 38.5 Å². The summed E-state index contributed by atoms with van der Waals surface area (Å²) >= 11 is 5.68. The SMILES string of the molecule is BrCc1ncoc1-c1ccccc1I. The fraction of sp³-hybridized carbons (Fsp3) is 0.100. The number of nitrogens with zero attached hydrogens (tertiary/aromatic N) is 1. The number of rotatable bonds is 2. The molecule has 0 aliphatic heterocycles. The Bertz CT molecular complexity index is 441. The van der Waals surface area contributed by atoms with Crippen molar-refractivity contribution in [2.45, 2.75) is 5.33 Å². The van der Waals surface area contributed by atoms with Gasteiger partial charge in [0.15, 0.2) is 12.2 Å². The van der Waals surface area contributed by atoms with E-state index >= 15 is 0 Å². The molecule has 1 aromatic heterocycles. The zero-order valence-electron chi connectivity index (χ0n) is 7.21. The first kappa shape index (κ1) is 10.2. The minimum Gasteiger partial charge on any atom is -0.443 e. The molecule has 0 N–H and O–H groups in total. The predicted octanol–water partition coefficient (Wildman–Crippen LogP) is 3.84. The third-order valence-corrected chi connectivity index (χ3v) is 3.36. The van der Waals surface area contributed by atoms with Crippen LogP contribution in [0.3, 0.4) is 0 Å². The van der Waals surface area contributed by atoms with Crippen molar-refractivity contribution < 1.29 is 4.42 Å². The van der Waals surface area contributed by atoms with Crippen molar-refractivity contribution in [3.05, 3.63) is 39.9 Å². The molecule has 0 saturated carbocycles. The molecule has 14 heavy (non-hydrogen) atoms. The second-order valence-electron chi connectivity index (χ2n) is 2.74. The van der Waals surface area contributed by atoms with E-state index in [9.17, 15) is 0 Å². The molecule has 1 heterocycles. The molecular weight excluding hydrogens is 357 g/mol. The minimum atomic E-state index is 0.712. The summed E-state index contributed by atoms with van der Waals surface area (Å²) in [7, 11) is 0. The maximum absolute atomic E-state index is 5.38. The Morgan fingerprint density at radius 3 is 2.86 bits per heavy atom. The Hall–Kier alpha value is -0.360. The fourth-order valence-corrected chi connectivity index (χ4v) is 2.26. The van der Waals surface area contributed by atoms with E-state index in [1.165, 1.54) is 9.96 Å². The number of oxazole rings is 1. The highest BCUT2D eigenvalue weighted by atomic mass is 127. The summed E-state index contributed by atoms with van der Waals surface area (Å²) in [5.74, 6) is 0.854. The van der Waals surface area contributed by atoms with Gasteiger partial charge in [-0.2, -0.15) is 0 Å². The molecule has 0 radical (unpaired) electrons. The first-order valence-corrected chi connectivity index (χ1v) is 6.26. The van der Waals surface area contributed by atoms with E-state index in [4.69, 9.17) is 4.42 Å². The van der Waals surface area contributed by atoms with Crippen molar-refractivity contribution in [3.8, 4) is 11.3 Å². The summed E-state index contributed by atoms with van der Waals surface area (Å²) < 4.78 is 6.55. The zero-order chi connectivity index (χ0) is 9.97. The van der Waals surface area contributed by atoms with Gasteiger partial charge in [0.05, 0.1) is 5.69 Å². The second kappa shape index (κ2) is 4.44. The van der Waals surface area contributed by atoms with E-state index in [1.807, 2.05) is 18.2 Å². The molecule has 0 saturated heterocycles. The molecule has 0 amide bonds. The molecule has 0 aliphatic rings. The fourth-order valence-electron chi connectivity index (χ4n) is 1.23. The van der Waals surface area contributed by atoms with Gasteiger partial charge >= 0.3 is 0 Å². The smallest absolute Gasteiger partial charge is 0.181 e. The molecule has 0 aliphatic carbocycles. The minimum absolute atomic E-state index is 0.712. The van der Waals surface area contributed by atoms with Gasteiger partial charge in [0.25, 0.3) is 0 Å². The predicted molar refractivity (Wildman–Crippen MR) is 67.3 cm³/mol. The molecule has 2 rings (SSSR count). The third kappa shape index (κ3) is 1.86. The van der Waals surface area contributed by atoms with E-state index in [-0.39, 0.29) is 0 Å². The van der Waals surface area contributed by atoms with Gasteiger partial charge in [0, 0.05) is 14.5 Å². The van der Waals surface area contributed by atoms with Crippen molar-refractivity contribution >= 4 is 38.5 Å². The summed E-state index contributed by atoms with van der Waals surface area (Å²) in [6.07, 6.45) is 1.48. The summed E-state index contributed by atoms with van der Waals surface area (Å²) in [6, 6.07) is 8.10. The van der Waals surface area contributed by atoms with Gasteiger partial charge in [-0.1, -0.05) is 34.1 Å². The highest BCUT2D eigenvalue weighted by Gasteiger charge is 2.11. The number of aromatic nitrogens is 1. The molecule has 0 atom stereocenters. The van der Waals surface area contributed by atoms with Crippen LogP contribution in [0.4, 0.5) is 0 Å². The maximum atomic E-state index is 5.38. The van der Waals surface area contributed by atoms with Crippen LogP contribution in [0.2, 0.25) is 0 Å². The van der Waals surface area contributed by atoms with Crippen LogP contribution in [0.25, 0.3) is 11.3 Å². The Balaban J connectivity index is 2.54. The Morgan fingerprint density at radius 2 is 2.14 bits per heavy atom. The van der Waals surface area contributed by atoms with E-state index in [1.54, 1.807) is 0 Å². The lowest BCUT2D eigenvalue weighted by Crippen LogP contribution is -1.85. The van der Waals surface area contributed by atoms with Gasteiger partial charge in [0.1, 0.15) is 0 Å². The summed E-state index contributed by atoms with van der Waals surface area (Å²) in [6.45, 7) is 0. The van der Waals surface area contributed by atoms with Crippen LogP contribution in [0.1, 0.15) is 5.69 Å². The number of hydrogen-bond acceptors (Lipinski definition) is 2. The maximum Gasteiger partial charge on any atom is 0.181 e. The van der Waals surface area contributed by atoms with Crippen molar-refractivity contribution in [2.24, 2.45) is 0 Å². The Kier molecular flexibility index (Phi) is 3.22. The number of alkyl halides is 1. The number of hydrogen-bond donors (Lipinski definition) is 0. The number of halogens is 2. The summed E-state index contributed by atoms with van der Waals surface area (Å²) in [5.41, 5.74) is 2.04. The number of benzene rings is 1. The molecule has 2 aromatic rings. The highest BCUT2D eigenvalue weighted by molar-refractivity contribution is 14.1. The Labute approximate surface area is 104 Å². The van der Waals surface area contributed by atoms with Crippen LogP contribution in [0, 0.1) is 3.57 Å². The van der Waals surface area contributed by atoms with Gasteiger partial charge in [0.2, 0.25) is 0 Å². The molecule has 72 valence electrons. The quantitative estimate of drug-likeness (QED) is 0.598. The van der Waals surface area contributed by atoms with Gasteiger partial charge in [-0.05, 0) is 28.7 Å². The molecule has 1 aromatic carbocycles. The van der Waals surface area contributed by atoms with Crippen molar-refractivity contribution in [1.82, 2.24) is 4.98 Å². The topological polar surface area (TPSA) is 26.0 Å². The average Bonchev–Trinajstić information content (AvgIpc) is 2.66. The first-order chi connectivity index (χ1) is 6.83. The van der Waals surface area contributed by atoms with Gasteiger partial charge in [-0.25, -0.2) is 4.98 Å². The van der Waals surface area contributed by atoms with Crippen LogP contribution in [-0.2, 0) is 5.33 Å². The van der Waals surface area contributed by atoms with Crippen LogP contribution in [0.5, 0.6) is 0 Å². The molecule has 0 fully saturated rings. The molecule has 0 spiro atoms. The molecule has 4 heteroatoms. The standard InChI is InChI=1S/C10H7BrINO/c11-5-9-10(14-6-13-9)7-3-1-2-4-8(7)12/h1-4,6H,5H2. The van der Waals surface area contributed by atoms with E-state index in [2.05, 4.69) is 49.6 Å². The molecule has 0 unspecified atom stereocenters. The van der Waals surface area contributed by atoms with Gasteiger partial charge < -0.3 is 4.42 Å². The van der Waals surface area contributed by atoms with E-state index in [0.717, 1.165) is 17.0 Å². The van der Waals surface area contributed by atoms with Crippen LogP contribution in [0.15, 0.2) is 35.1 Å². The van der Waals surface area contributed by atoms with Crippen molar-refractivity contribution in [3.63, 3.8) is 0 Å². The normalized spacial score (nSPS) is 10.4. The van der Waals surface area contributed by atoms with Gasteiger partial charge in [-0.15, -0.1) is 0 Å². The van der Waals surface area contributed by atoms with Crippen LogP contribution in [-0.4, -0.2) is 4.98 Å². The zero-order valence-corrected chi connectivity index (χ0v) is 10.9. The van der Waals surface area contributed by atoms with Crippen molar-refractivity contribution in [1.29, 1.82) is 0 Å². The average molecular weight is 364 g/mol. The summed E-state index contributed by atoms with van der Waals surface area (Å²) in [5, 5.41) is 0.712. The lowest BCUT2D eigenvalue weighted by atomic mass is 10.1. The lowest BCUT2D eigenvalue weighted by molar-refractivity contribution is 0.571. The molecule has 2 nitrogen and oxygen atoms in total. The van der Waals surface area contributed by atoms with E-state index < -0.39 is 0 Å². The third-order valence-electron chi connectivity index (χ3n) is 1.89. The molecular formula is C10H7BrINO. The highest BCUT2D eigenvalue weighted by Crippen LogP contribution is 2.28.